The second-order valence-electron chi connectivity index (χ2n) is 2.74. The minimum absolute atomic E-state index is 0. The van der Waals surface area contributed by atoms with Crippen LogP contribution < -0.4 is 5.73 Å². The molecule has 0 spiro atoms. The SMILES string of the molecule is Cl.NCc1ccc(-c2ncco2)cc1. The summed E-state index contributed by atoms with van der Waals surface area (Å²) in [5.74, 6) is 0.642. The Bertz CT molecular complexity index is 370. The first kappa shape index (κ1) is 10.8. The van der Waals surface area contributed by atoms with Crippen molar-refractivity contribution in [1.29, 1.82) is 0 Å². The molecule has 0 unspecified atom stereocenters. The van der Waals surface area contributed by atoms with Gasteiger partial charge in [0.15, 0.2) is 0 Å². The molecule has 0 saturated heterocycles. The van der Waals surface area contributed by atoms with Crippen LogP contribution in [0, 0.1) is 0 Å². The summed E-state index contributed by atoms with van der Waals surface area (Å²) < 4.78 is 5.15. The largest absolute Gasteiger partial charge is 0.445 e. The van der Waals surface area contributed by atoms with E-state index in [4.69, 9.17) is 10.2 Å². The Morgan fingerprint density at radius 2 is 1.93 bits per heavy atom. The molecule has 0 atom stereocenters. The van der Waals surface area contributed by atoms with Gasteiger partial charge in [-0.2, -0.15) is 0 Å². The van der Waals surface area contributed by atoms with Gasteiger partial charge in [-0.15, -0.1) is 12.4 Å². The summed E-state index contributed by atoms with van der Waals surface area (Å²) in [6.45, 7) is 0.561. The summed E-state index contributed by atoms with van der Waals surface area (Å²) in [7, 11) is 0. The van der Waals surface area contributed by atoms with Crippen molar-refractivity contribution in [1.82, 2.24) is 4.98 Å². The van der Waals surface area contributed by atoms with Gasteiger partial charge in [-0.3, -0.25) is 0 Å². The van der Waals surface area contributed by atoms with Crippen molar-refractivity contribution >= 4 is 12.4 Å². The van der Waals surface area contributed by atoms with Crippen molar-refractivity contribution in [2.75, 3.05) is 0 Å². The second kappa shape index (κ2) is 4.79. The van der Waals surface area contributed by atoms with Crippen molar-refractivity contribution in [3.63, 3.8) is 0 Å². The van der Waals surface area contributed by atoms with Crippen LogP contribution in [-0.4, -0.2) is 4.98 Å². The molecule has 0 amide bonds. The van der Waals surface area contributed by atoms with Crippen LogP contribution in [0.5, 0.6) is 0 Å². The summed E-state index contributed by atoms with van der Waals surface area (Å²) in [4.78, 5) is 4.04. The number of halogens is 1. The van der Waals surface area contributed by atoms with E-state index >= 15 is 0 Å². The third kappa shape index (κ3) is 2.13. The summed E-state index contributed by atoms with van der Waals surface area (Å²) in [5.41, 5.74) is 7.56. The Kier molecular flexibility index (Phi) is 3.68. The van der Waals surface area contributed by atoms with Gasteiger partial charge in [0.05, 0.1) is 6.20 Å². The van der Waals surface area contributed by atoms with Gasteiger partial charge < -0.3 is 10.2 Å². The maximum Gasteiger partial charge on any atom is 0.225 e. The highest BCUT2D eigenvalue weighted by Gasteiger charge is 2.00. The molecule has 1 aromatic heterocycles. The van der Waals surface area contributed by atoms with E-state index in [1.807, 2.05) is 24.3 Å². The van der Waals surface area contributed by atoms with Crippen molar-refractivity contribution in [3.05, 3.63) is 42.3 Å². The molecular weight excluding hydrogens is 200 g/mol. The standard InChI is InChI=1S/C10H10N2O.ClH/c11-7-8-1-3-9(4-2-8)10-12-5-6-13-10;/h1-6H,7,11H2;1H. The molecule has 2 rings (SSSR count). The summed E-state index contributed by atoms with van der Waals surface area (Å²) in [6, 6.07) is 7.85. The van der Waals surface area contributed by atoms with E-state index < -0.39 is 0 Å². The Hall–Kier alpha value is -1.32. The van der Waals surface area contributed by atoms with Crippen LogP contribution in [0.1, 0.15) is 5.56 Å². The predicted octanol–water partition coefficient (Wildman–Crippen LogP) is 2.22. The van der Waals surface area contributed by atoms with Gasteiger partial charge in [-0.05, 0) is 17.7 Å². The van der Waals surface area contributed by atoms with Gasteiger partial charge in [-0.1, -0.05) is 12.1 Å². The Labute approximate surface area is 88.4 Å². The van der Waals surface area contributed by atoms with E-state index in [9.17, 15) is 0 Å². The van der Waals surface area contributed by atoms with Gasteiger partial charge in [-0.25, -0.2) is 4.98 Å². The average molecular weight is 211 g/mol. The normalized spacial score (nSPS) is 9.50. The number of hydrogen-bond donors (Lipinski definition) is 1. The lowest BCUT2D eigenvalue weighted by Gasteiger charge is -1.97. The Balaban J connectivity index is 0.000000980. The fourth-order valence-corrected chi connectivity index (χ4v) is 1.15. The number of hydrogen-bond acceptors (Lipinski definition) is 3. The minimum Gasteiger partial charge on any atom is -0.445 e. The molecule has 1 heterocycles. The van der Waals surface area contributed by atoms with Crippen LogP contribution >= 0.6 is 12.4 Å². The molecule has 0 aliphatic rings. The molecule has 4 heteroatoms. The number of oxazole rings is 1. The lowest BCUT2D eigenvalue weighted by molar-refractivity contribution is 0.574. The molecule has 2 N–H and O–H groups in total. The molecule has 74 valence electrons. The van der Waals surface area contributed by atoms with Gasteiger partial charge in [0.25, 0.3) is 0 Å². The highest BCUT2D eigenvalue weighted by molar-refractivity contribution is 5.85. The van der Waals surface area contributed by atoms with E-state index in [0.717, 1.165) is 11.1 Å². The molecule has 2 aromatic rings. The molecule has 0 fully saturated rings. The zero-order valence-corrected chi connectivity index (χ0v) is 8.33. The van der Waals surface area contributed by atoms with Crippen LogP contribution in [0.2, 0.25) is 0 Å². The number of benzene rings is 1. The summed E-state index contributed by atoms with van der Waals surface area (Å²) in [6.07, 6.45) is 3.19. The van der Waals surface area contributed by atoms with E-state index in [2.05, 4.69) is 4.98 Å². The number of nitrogens with zero attached hydrogens (tertiary/aromatic N) is 1. The van der Waals surface area contributed by atoms with Gasteiger partial charge in [0.2, 0.25) is 5.89 Å². The highest BCUT2D eigenvalue weighted by atomic mass is 35.5. The average Bonchev–Trinajstić information content (AvgIpc) is 2.71. The van der Waals surface area contributed by atoms with Crippen molar-refractivity contribution < 1.29 is 4.42 Å². The lowest BCUT2D eigenvalue weighted by Crippen LogP contribution is -1.95. The van der Waals surface area contributed by atoms with Crippen LogP contribution in [-0.2, 0) is 6.54 Å². The smallest absolute Gasteiger partial charge is 0.225 e. The molecule has 1 aromatic carbocycles. The third-order valence-electron chi connectivity index (χ3n) is 1.87. The van der Waals surface area contributed by atoms with Gasteiger partial charge in [0.1, 0.15) is 6.26 Å². The second-order valence-corrected chi connectivity index (χ2v) is 2.74. The molecule has 3 nitrogen and oxygen atoms in total. The predicted molar refractivity (Wildman–Crippen MR) is 57.1 cm³/mol. The molecule has 14 heavy (non-hydrogen) atoms. The molecule has 0 aliphatic carbocycles. The zero-order chi connectivity index (χ0) is 9.10. The fraction of sp³-hybridized carbons (Fsp3) is 0.100. The first-order chi connectivity index (χ1) is 6.40. The zero-order valence-electron chi connectivity index (χ0n) is 7.51. The van der Waals surface area contributed by atoms with E-state index in [1.54, 1.807) is 12.5 Å². The highest BCUT2D eigenvalue weighted by Crippen LogP contribution is 2.16. The fourth-order valence-electron chi connectivity index (χ4n) is 1.15. The maximum absolute atomic E-state index is 5.48. The van der Waals surface area contributed by atoms with E-state index in [1.165, 1.54) is 0 Å². The van der Waals surface area contributed by atoms with Gasteiger partial charge >= 0.3 is 0 Å². The van der Waals surface area contributed by atoms with Gasteiger partial charge in [0, 0.05) is 12.1 Å². The lowest BCUT2D eigenvalue weighted by atomic mass is 10.1. The monoisotopic (exact) mass is 210 g/mol. The van der Waals surface area contributed by atoms with Crippen LogP contribution in [0.25, 0.3) is 11.5 Å². The number of rotatable bonds is 2. The minimum atomic E-state index is 0. The van der Waals surface area contributed by atoms with E-state index in [0.29, 0.717) is 12.4 Å². The quantitative estimate of drug-likeness (QED) is 0.827. The Morgan fingerprint density at radius 3 is 2.43 bits per heavy atom. The van der Waals surface area contributed by atoms with Crippen LogP contribution in [0.3, 0.4) is 0 Å². The molecule has 0 saturated carbocycles. The molecule has 0 aliphatic heterocycles. The van der Waals surface area contributed by atoms with E-state index in [-0.39, 0.29) is 12.4 Å². The van der Waals surface area contributed by atoms with Crippen molar-refractivity contribution in [2.45, 2.75) is 6.54 Å². The first-order valence-corrected chi connectivity index (χ1v) is 4.09. The van der Waals surface area contributed by atoms with Crippen LogP contribution in [0.4, 0.5) is 0 Å². The molecule has 0 radical (unpaired) electrons. The topological polar surface area (TPSA) is 52.0 Å². The number of aromatic nitrogens is 1. The maximum atomic E-state index is 5.48. The Morgan fingerprint density at radius 1 is 1.21 bits per heavy atom. The number of nitrogens with two attached hydrogens (primary N) is 1. The van der Waals surface area contributed by atoms with Crippen LogP contribution in [0.15, 0.2) is 41.1 Å². The molecular formula is C10H11ClN2O. The summed E-state index contributed by atoms with van der Waals surface area (Å²) in [5, 5.41) is 0. The van der Waals surface area contributed by atoms with Crippen molar-refractivity contribution in [2.24, 2.45) is 5.73 Å². The van der Waals surface area contributed by atoms with Crippen molar-refractivity contribution in [3.8, 4) is 11.5 Å². The molecule has 0 bridgehead atoms. The first-order valence-electron chi connectivity index (χ1n) is 4.09. The summed E-state index contributed by atoms with van der Waals surface area (Å²) >= 11 is 0. The third-order valence-corrected chi connectivity index (χ3v) is 1.87.